The Hall–Kier alpha value is -5.85. The van der Waals surface area contributed by atoms with Crippen LogP contribution in [-0.2, 0) is 0 Å². The van der Waals surface area contributed by atoms with E-state index in [1.54, 1.807) is 0 Å². The summed E-state index contributed by atoms with van der Waals surface area (Å²) in [5, 5.41) is 25.1. The average Bonchev–Trinajstić information content (AvgIpc) is 3.62. The van der Waals surface area contributed by atoms with Crippen LogP contribution in [0.3, 0.4) is 0 Å². The normalized spacial score (nSPS) is 11.9. The maximum absolute atomic E-state index is 9.89. The lowest BCUT2D eigenvalue weighted by Gasteiger charge is -2.27. The molecule has 0 spiro atoms. The van der Waals surface area contributed by atoms with Gasteiger partial charge in [0.1, 0.15) is 0 Å². The second-order valence-electron chi connectivity index (χ2n) is 13.2. The number of nitriles is 1. The monoisotopic (exact) mass is 603 g/mol. The van der Waals surface area contributed by atoms with Gasteiger partial charge >= 0.3 is 0 Å². The first-order chi connectivity index (χ1) is 22.9. The lowest BCUT2D eigenvalue weighted by Crippen LogP contribution is -2.12. The second-order valence-corrected chi connectivity index (χ2v) is 13.2. The van der Waals surface area contributed by atoms with Gasteiger partial charge in [0, 0.05) is 41.9 Å². The van der Waals surface area contributed by atoms with Gasteiger partial charge in [-0.15, -0.1) is 0 Å². The van der Waals surface area contributed by atoms with E-state index >= 15 is 0 Å². The molecule has 9 aromatic rings. The summed E-state index contributed by atoms with van der Waals surface area (Å²) in [6.45, 7) is 6.73. The quantitative estimate of drug-likeness (QED) is 0.200. The third-order valence-electron chi connectivity index (χ3n) is 10.4. The van der Waals surface area contributed by atoms with Crippen LogP contribution in [0, 0.1) is 32.1 Å². The van der Waals surface area contributed by atoms with Crippen molar-refractivity contribution in [2.24, 2.45) is 0 Å². The molecule has 9 aromatic carbocycles. The Bertz CT molecular complexity index is 2670. The van der Waals surface area contributed by atoms with Crippen molar-refractivity contribution in [2.75, 3.05) is 23.9 Å². The molecule has 0 aliphatic heterocycles. The summed E-state index contributed by atoms with van der Waals surface area (Å²) < 4.78 is 0. The number of aryl methyl sites for hydroxylation is 3. The highest BCUT2D eigenvalue weighted by atomic mass is 15.1. The van der Waals surface area contributed by atoms with E-state index in [0.717, 1.165) is 22.3 Å². The number of anilines is 4. The molecule has 0 aliphatic rings. The van der Waals surface area contributed by atoms with Gasteiger partial charge in [-0.25, -0.2) is 0 Å². The Morgan fingerprint density at radius 3 is 1.45 bits per heavy atom. The molecule has 3 nitrogen and oxygen atoms in total. The number of fused-ring (bicyclic) bond motifs is 6. The van der Waals surface area contributed by atoms with Crippen LogP contribution in [0.5, 0.6) is 0 Å². The highest BCUT2D eigenvalue weighted by Gasteiger charge is 2.25. The van der Waals surface area contributed by atoms with Crippen molar-refractivity contribution in [2.45, 2.75) is 20.8 Å². The standard InChI is InChI=1S/C44H33N3/c1-25-12-15-30(16-13-25)47(31-19-17-29(18-20-31)46(4)5)38-23-22-37-42-27(3)41-36-21-14-28(24-45)32-8-6-10-34(43(32)36)39(41)26(2)40(42)35-11-7-9-33(38)44(35)37/h6-23H,1-5H3. The maximum Gasteiger partial charge on any atom is 0.0998 e. The Balaban J connectivity index is 1.38. The molecule has 0 bridgehead atoms. The molecule has 9 rings (SSSR count). The van der Waals surface area contributed by atoms with Crippen molar-refractivity contribution >= 4 is 87.4 Å². The molecule has 0 fully saturated rings. The van der Waals surface area contributed by atoms with Gasteiger partial charge in [0.2, 0.25) is 0 Å². The molecule has 0 radical (unpaired) electrons. The summed E-state index contributed by atoms with van der Waals surface area (Å²) in [5.41, 5.74) is 9.20. The minimum absolute atomic E-state index is 0.735. The van der Waals surface area contributed by atoms with Crippen LogP contribution in [-0.4, -0.2) is 14.1 Å². The molecule has 0 aromatic heterocycles. The minimum atomic E-state index is 0.735. The van der Waals surface area contributed by atoms with Gasteiger partial charge in [-0.1, -0.05) is 66.2 Å². The summed E-state index contributed by atoms with van der Waals surface area (Å²) in [7, 11) is 4.16. The zero-order valence-electron chi connectivity index (χ0n) is 27.2. The van der Waals surface area contributed by atoms with Crippen LogP contribution in [0.2, 0.25) is 0 Å². The molecule has 47 heavy (non-hydrogen) atoms. The molecule has 0 atom stereocenters. The molecule has 0 unspecified atom stereocenters. The third kappa shape index (κ3) is 3.67. The first-order valence-corrected chi connectivity index (χ1v) is 16.2. The molecule has 3 heteroatoms. The van der Waals surface area contributed by atoms with Gasteiger partial charge in [-0.05, 0) is 134 Å². The molecule has 0 N–H and O–H groups in total. The Morgan fingerprint density at radius 1 is 0.447 bits per heavy atom. The van der Waals surface area contributed by atoms with Gasteiger partial charge < -0.3 is 9.80 Å². The Kier molecular flexibility index (Phi) is 5.74. The van der Waals surface area contributed by atoms with Crippen LogP contribution in [0.1, 0.15) is 22.3 Å². The third-order valence-corrected chi connectivity index (χ3v) is 10.4. The fourth-order valence-electron chi connectivity index (χ4n) is 8.29. The predicted molar refractivity (Wildman–Crippen MR) is 202 cm³/mol. The topological polar surface area (TPSA) is 30.3 Å². The maximum atomic E-state index is 9.89. The summed E-state index contributed by atoms with van der Waals surface area (Å²) >= 11 is 0. The van der Waals surface area contributed by atoms with Crippen LogP contribution in [0.25, 0.3) is 64.6 Å². The van der Waals surface area contributed by atoms with Crippen molar-refractivity contribution < 1.29 is 0 Å². The van der Waals surface area contributed by atoms with Crippen molar-refractivity contribution in [3.8, 4) is 6.07 Å². The molecular weight excluding hydrogens is 571 g/mol. The van der Waals surface area contributed by atoms with Crippen LogP contribution >= 0.6 is 0 Å². The molecule has 0 heterocycles. The van der Waals surface area contributed by atoms with E-state index in [4.69, 9.17) is 0 Å². The molecule has 0 amide bonds. The van der Waals surface area contributed by atoms with E-state index < -0.39 is 0 Å². The number of nitrogens with zero attached hydrogens (tertiary/aromatic N) is 3. The molecule has 0 aliphatic carbocycles. The fraction of sp³-hybridized carbons (Fsp3) is 0.114. The van der Waals surface area contributed by atoms with Gasteiger partial charge in [0.05, 0.1) is 17.3 Å². The van der Waals surface area contributed by atoms with E-state index in [-0.39, 0.29) is 0 Å². The molecule has 0 saturated carbocycles. The van der Waals surface area contributed by atoms with Gasteiger partial charge in [-0.3, -0.25) is 0 Å². The Labute approximate surface area is 274 Å². The molecular formula is C44H33N3. The van der Waals surface area contributed by atoms with Gasteiger partial charge in [0.25, 0.3) is 0 Å². The van der Waals surface area contributed by atoms with E-state index in [9.17, 15) is 5.26 Å². The molecule has 0 saturated heterocycles. The van der Waals surface area contributed by atoms with Crippen LogP contribution < -0.4 is 9.80 Å². The van der Waals surface area contributed by atoms with E-state index in [0.29, 0.717) is 0 Å². The average molecular weight is 604 g/mol. The van der Waals surface area contributed by atoms with Crippen LogP contribution in [0.4, 0.5) is 22.7 Å². The van der Waals surface area contributed by atoms with E-state index in [1.165, 1.54) is 87.3 Å². The zero-order valence-corrected chi connectivity index (χ0v) is 27.2. The largest absolute Gasteiger partial charge is 0.378 e. The van der Waals surface area contributed by atoms with E-state index in [2.05, 4.69) is 154 Å². The predicted octanol–water partition coefficient (Wildman–Crippen LogP) is 11.8. The van der Waals surface area contributed by atoms with E-state index in [1.807, 2.05) is 6.07 Å². The smallest absolute Gasteiger partial charge is 0.0998 e. The zero-order chi connectivity index (χ0) is 32.1. The van der Waals surface area contributed by atoms with Gasteiger partial charge in [-0.2, -0.15) is 5.26 Å². The number of hydrogen-bond acceptors (Lipinski definition) is 3. The minimum Gasteiger partial charge on any atom is -0.378 e. The fourth-order valence-corrected chi connectivity index (χ4v) is 8.29. The first-order valence-electron chi connectivity index (χ1n) is 16.2. The number of rotatable bonds is 4. The lowest BCUT2D eigenvalue weighted by atomic mass is 9.95. The SMILES string of the molecule is Cc1ccc(N(c2ccc(N(C)C)cc2)c2ccc3c4c(C)c5c6ccc(C#N)c7cccc(c5c(C)c4c4cccc2c43)c76)cc1. The van der Waals surface area contributed by atoms with Crippen molar-refractivity contribution in [1.29, 1.82) is 5.26 Å². The Morgan fingerprint density at radius 2 is 0.894 bits per heavy atom. The summed E-state index contributed by atoms with van der Waals surface area (Å²) in [6.07, 6.45) is 0. The highest BCUT2D eigenvalue weighted by Crippen LogP contribution is 2.51. The van der Waals surface area contributed by atoms with Gasteiger partial charge in [0.15, 0.2) is 0 Å². The summed E-state index contributed by atoms with van der Waals surface area (Å²) in [4.78, 5) is 4.54. The molecule has 224 valence electrons. The highest BCUT2D eigenvalue weighted by molar-refractivity contribution is 6.40. The van der Waals surface area contributed by atoms with Crippen molar-refractivity contribution in [3.63, 3.8) is 0 Å². The second kappa shape index (κ2) is 9.82. The first kappa shape index (κ1) is 27.5. The summed E-state index contributed by atoms with van der Waals surface area (Å²) in [5.74, 6) is 0. The van der Waals surface area contributed by atoms with Crippen molar-refractivity contribution in [3.05, 3.63) is 131 Å². The summed E-state index contributed by atoms with van der Waals surface area (Å²) in [6, 6.07) is 42.1. The van der Waals surface area contributed by atoms with Crippen molar-refractivity contribution in [1.82, 2.24) is 0 Å². The number of benzene rings is 7. The number of hydrogen-bond donors (Lipinski definition) is 0. The lowest BCUT2D eigenvalue weighted by molar-refractivity contribution is 1.13. The van der Waals surface area contributed by atoms with Crippen LogP contribution in [0.15, 0.2) is 109 Å².